The first kappa shape index (κ1) is 39.1. The van der Waals surface area contributed by atoms with Crippen molar-refractivity contribution in [3.05, 3.63) is 109 Å². The number of nitrogens with zero attached hydrogens (tertiary/aromatic N) is 2. The van der Waals surface area contributed by atoms with Crippen LogP contribution in [0.2, 0.25) is 0 Å². The Morgan fingerprint density at radius 2 is 0.946 bits per heavy atom. The van der Waals surface area contributed by atoms with E-state index in [1.807, 2.05) is 104 Å². The van der Waals surface area contributed by atoms with Crippen molar-refractivity contribution in [3.8, 4) is 67.8 Å². The Labute approximate surface area is 326 Å². The lowest BCUT2D eigenvalue weighted by atomic mass is 9.97. The van der Waals surface area contributed by atoms with Gasteiger partial charge in [-0.25, -0.2) is 0 Å². The second kappa shape index (κ2) is 18.7. The van der Waals surface area contributed by atoms with Crippen LogP contribution >= 0.6 is 0 Å². The molecule has 2 amide bonds. The van der Waals surface area contributed by atoms with E-state index in [0.29, 0.717) is 53.8 Å². The molecule has 0 saturated carbocycles. The van der Waals surface area contributed by atoms with Crippen molar-refractivity contribution in [1.29, 1.82) is 0 Å². The highest BCUT2D eigenvalue weighted by Crippen LogP contribution is 2.38. The standard InChI is InChI=1S/C44H46N4O8/c1-6-32(46-40(50)27-38-42(29-11-19-34(52-3)20-12-29)44(48-56-38)31-15-23-36(54-5)24-16-31)8-7-25-45-39(49)26-37-41(28-9-17-33(51-2)18-10-28)43(47-55-37)30-13-21-35(53-4)22-14-30/h9-24,32H,6-8,25-27H2,1-5H3,(H,45,49)(H,46,50). The zero-order chi connectivity index (χ0) is 39.4. The lowest BCUT2D eigenvalue weighted by molar-refractivity contribution is -0.122. The summed E-state index contributed by atoms with van der Waals surface area (Å²) in [4.78, 5) is 26.6. The minimum Gasteiger partial charge on any atom is -0.497 e. The van der Waals surface area contributed by atoms with Gasteiger partial charge in [0, 0.05) is 23.7 Å². The number of benzene rings is 4. The van der Waals surface area contributed by atoms with Crippen molar-refractivity contribution < 1.29 is 37.6 Å². The van der Waals surface area contributed by atoms with E-state index in [1.165, 1.54) is 0 Å². The lowest BCUT2D eigenvalue weighted by Gasteiger charge is -2.17. The Balaban J connectivity index is 1.07. The SMILES string of the molecule is CCC(CCCNC(=O)Cc1onc(-c2ccc(OC)cc2)c1-c1ccc(OC)cc1)NC(=O)Cc1onc(-c2ccc(OC)cc2)c1-c1ccc(OC)cc1. The monoisotopic (exact) mass is 758 g/mol. The molecule has 0 aliphatic rings. The second-order valence-electron chi connectivity index (χ2n) is 13.1. The largest absolute Gasteiger partial charge is 0.497 e. The van der Waals surface area contributed by atoms with Gasteiger partial charge < -0.3 is 38.6 Å². The van der Waals surface area contributed by atoms with Gasteiger partial charge in [-0.15, -0.1) is 0 Å². The third kappa shape index (κ3) is 9.38. The highest BCUT2D eigenvalue weighted by molar-refractivity contribution is 5.88. The number of carbonyl (C=O) groups excluding carboxylic acids is 2. The molecule has 0 bridgehead atoms. The number of ether oxygens (including phenoxy) is 4. The topological polar surface area (TPSA) is 147 Å². The van der Waals surface area contributed by atoms with Gasteiger partial charge in [-0.1, -0.05) is 41.5 Å². The summed E-state index contributed by atoms with van der Waals surface area (Å²) in [6.07, 6.45) is 2.05. The van der Waals surface area contributed by atoms with E-state index >= 15 is 0 Å². The first-order valence-corrected chi connectivity index (χ1v) is 18.4. The fourth-order valence-corrected chi connectivity index (χ4v) is 6.48. The number of aromatic nitrogens is 2. The van der Waals surface area contributed by atoms with Crippen LogP contribution in [0, 0.1) is 0 Å². The Kier molecular flexibility index (Phi) is 13.0. The van der Waals surface area contributed by atoms with Gasteiger partial charge in [0.25, 0.3) is 0 Å². The average Bonchev–Trinajstić information content (AvgIpc) is 3.86. The molecular formula is C44H46N4O8. The first-order valence-electron chi connectivity index (χ1n) is 18.4. The van der Waals surface area contributed by atoms with Crippen LogP contribution in [-0.2, 0) is 22.4 Å². The molecule has 56 heavy (non-hydrogen) atoms. The average molecular weight is 759 g/mol. The van der Waals surface area contributed by atoms with Gasteiger partial charge in [-0.2, -0.15) is 0 Å². The maximum atomic E-state index is 13.4. The Hall–Kier alpha value is -6.56. The van der Waals surface area contributed by atoms with Gasteiger partial charge in [0.2, 0.25) is 11.8 Å². The maximum Gasteiger partial charge on any atom is 0.227 e. The molecule has 1 unspecified atom stereocenters. The molecule has 2 heterocycles. The van der Waals surface area contributed by atoms with Crippen molar-refractivity contribution in [1.82, 2.24) is 20.9 Å². The molecule has 0 radical (unpaired) electrons. The van der Waals surface area contributed by atoms with Crippen molar-refractivity contribution in [3.63, 3.8) is 0 Å². The van der Waals surface area contributed by atoms with Gasteiger partial charge >= 0.3 is 0 Å². The van der Waals surface area contributed by atoms with Crippen LogP contribution < -0.4 is 29.6 Å². The summed E-state index contributed by atoms with van der Waals surface area (Å²) >= 11 is 0. The molecular weight excluding hydrogens is 713 g/mol. The molecule has 2 aromatic heterocycles. The molecule has 12 heteroatoms. The maximum absolute atomic E-state index is 13.4. The molecule has 2 N–H and O–H groups in total. The Morgan fingerprint density at radius 3 is 1.32 bits per heavy atom. The molecule has 0 saturated heterocycles. The van der Waals surface area contributed by atoms with Gasteiger partial charge in [0.15, 0.2) is 11.5 Å². The minimum atomic E-state index is -0.196. The van der Waals surface area contributed by atoms with Crippen LogP contribution in [0.1, 0.15) is 37.7 Å². The smallest absolute Gasteiger partial charge is 0.227 e. The number of carbonyl (C=O) groups is 2. The summed E-state index contributed by atoms with van der Waals surface area (Å²) in [6, 6.07) is 30.1. The molecule has 4 aromatic carbocycles. The number of hydrogen-bond acceptors (Lipinski definition) is 10. The molecule has 12 nitrogen and oxygen atoms in total. The van der Waals surface area contributed by atoms with Crippen LogP contribution in [0.3, 0.4) is 0 Å². The normalized spacial score (nSPS) is 11.4. The minimum absolute atomic E-state index is 0.00395. The second-order valence-corrected chi connectivity index (χ2v) is 13.1. The van der Waals surface area contributed by atoms with Gasteiger partial charge in [-0.3, -0.25) is 9.59 Å². The van der Waals surface area contributed by atoms with Crippen LogP contribution in [0.15, 0.2) is 106 Å². The van der Waals surface area contributed by atoms with Crippen molar-refractivity contribution in [2.24, 2.45) is 0 Å². The van der Waals surface area contributed by atoms with Crippen LogP contribution in [0.5, 0.6) is 23.0 Å². The number of amides is 2. The summed E-state index contributed by atoms with van der Waals surface area (Å²) in [6.45, 7) is 2.45. The highest BCUT2D eigenvalue weighted by Gasteiger charge is 2.24. The van der Waals surface area contributed by atoms with E-state index in [4.69, 9.17) is 28.0 Å². The Morgan fingerprint density at radius 1 is 0.571 bits per heavy atom. The number of rotatable bonds is 18. The summed E-state index contributed by atoms with van der Waals surface area (Å²) in [5.41, 5.74) is 6.09. The summed E-state index contributed by atoms with van der Waals surface area (Å²) in [5.74, 6) is 3.41. The Bertz CT molecular complexity index is 2190. The summed E-state index contributed by atoms with van der Waals surface area (Å²) in [5, 5.41) is 14.9. The van der Waals surface area contributed by atoms with E-state index in [1.54, 1.807) is 28.4 Å². The third-order valence-electron chi connectivity index (χ3n) is 9.56. The van der Waals surface area contributed by atoms with Gasteiger partial charge in [0.1, 0.15) is 34.4 Å². The van der Waals surface area contributed by atoms with Gasteiger partial charge in [0.05, 0.1) is 52.4 Å². The van der Waals surface area contributed by atoms with E-state index in [9.17, 15) is 9.59 Å². The molecule has 0 fully saturated rings. The van der Waals surface area contributed by atoms with Crippen molar-refractivity contribution >= 4 is 11.8 Å². The highest BCUT2D eigenvalue weighted by atomic mass is 16.5. The predicted octanol–water partition coefficient (Wildman–Crippen LogP) is 7.94. The molecule has 0 aliphatic heterocycles. The summed E-state index contributed by atoms with van der Waals surface area (Å²) in [7, 11) is 6.46. The number of methoxy groups -OCH3 is 4. The third-order valence-corrected chi connectivity index (χ3v) is 9.56. The fourth-order valence-electron chi connectivity index (χ4n) is 6.48. The molecule has 290 valence electrons. The molecule has 0 aliphatic carbocycles. The van der Waals surface area contributed by atoms with Gasteiger partial charge in [-0.05, 0) is 103 Å². The molecule has 6 rings (SSSR count). The molecule has 0 spiro atoms. The van der Waals surface area contributed by atoms with E-state index in [2.05, 4.69) is 20.9 Å². The fraction of sp³-hybridized carbons (Fsp3) is 0.273. The zero-order valence-electron chi connectivity index (χ0n) is 32.2. The predicted molar refractivity (Wildman–Crippen MR) is 213 cm³/mol. The number of hydrogen-bond donors (Lipinski definition) is 2. The van der Waals surface area contributed by atoms with E-state index in [-0.39, 0.29) is 30.7 Å². The quantitative estimate of drug-likeness (QED) is 0.0828. The van der Waals surface area contributed by atoms with Crippen LogP contribution in [0.4, 0.5) is 0 Å². The lowest BCUT2D eigenvalue weighted by Crippen LogP contribution is -2.36. The van der Waals surface area contributed by atoms with Crippen LogP contribution in [0.25, 0.3) is 44.8 Å². The first-order chi connectivity index (χ1) is 27.3. The van der Waals surface area contributed by atoms with Crippen molar-refractivity contribution in [2.75, 3.05) is 35.0 Å². The van der Waals surface area contributed by atoms with E-state index < -0.39 is 0 Å². The van der Waals surface area contributed by atoms with Crippen LogP contribution in [-0.4, -0.2) is 63.2 Å². The molecule has 1 atom stereocenters. The van der Waals surface area contributed by atoms with E-state index in [0.717, 1.165) is 51.3 Å². The summed E-state index contributed by atoms with van der Waals surface area (Å²) < 4.78 is 32.9. The zero-order valence-corrected chi connectivity index (χ0v) is 32.2. The molecule has 6 aromatic rings. The van der Waals surface area contributed by atoms with Crippen molar-refractivity contribution in [2.45, 2.75) is 45.1 Å². The number of nitrogens with one attached hydrogen (secondary N) is 2.